The summed E-state index contributed by atoms with van der Waals surface area (Å²) in [6.07, 6.45) is 6.18. The summed E-state index contributed by atoms with van der Waals surface area (Å²) in [4.78, 5) is 10.5. The third-order valence-corrected chi connectivity index (χ3v) is 6.42. The predicted molar refractivity (Wildman–Crippen MR) is 113 cm³/mol. The van der Waals surface area contributed by atoms with Crippen LogP contribution in [0.2, 0.25) is 0 Å². The van der Waals surface area contributed by atoms with Crippen LogP contribution in [0.5, 0.6) is 5.75 Å². The van der Waals surface area contributed by atoms with Crippen LogP contribution in [0.1, 0.15) is 31.4 Å². The molecule has 8 heteroatoms. The Morgan fingerprint density at radius 2 is 1.97 bits per heavy atom. The fourth-order valence-electron chi connectivity index (χ4n) is 4.75. The second-order valence-corrected chi connectivity index (χ2v) is 8.44. The summed E-state index contributed by atoms with van der Waals surface area (Å²) in [5.41, 5.74) is 1.40. The fraction of sp³-hybridized carbons (Fsp3) is 0.455. The Hall–Kier alpha value is -2.87. The number of benzene rings is 1. The molecule has 5 rings (SSSR count). The molecule has 2 aliphatic heterocycles. The molecule has 2 fully saturated rings. The first-order chi connectivity index (χ1) is 14.5. The fourth-order valence-corrected chi connectivity index (χ4v) is 4.75. The van der Waals surface area contributed by atoms with Crippen molar-refractivity contribution >= 4 is 16.6 Å². The van der Waals surface area contributed by atoms with Crippen molar-refractivity contribution in [2.45, 2.75) is 56.9 Å². The van der Waals surface area contributed by atoms with Gasteiger partial charge in [0.15, 0.2) is 11.6 Å². The number of pyridine rings is 1. The zero-order valence-corrected chi connectivity index (χ0v) is 17.1. The second-order valence-electron chi connectivity index (χ2n) is 8.44. The van der Waals surface area contributed by atoms with E-state index < -0.39 is 6.17 Å². The molecule has 4 heterocycles. The van der Waals surface area contributed by atoms with Crippen molar-refractivity contribution in [1.29, 1.82) is 0 Å². The highest BCUT2D eigenvalue weighted by Crippen LogP contribution is 2.33. The molecule has 2 N–H and O–H groups in total. The predicted octanol–water partition coefficient (Wildman–Crippen LogP) is 3.16. The van der Waals surface area contributed by atoms with Crippen molar-refractivity contribution in [3.63, 3.8) is 0 Å². The average molecular weight is 408 g/mol. The highest BCUT2D eigenvalue weighted by atomic mass is 19.1. The van der Waals surface area contributed by atoms with Gasteiger partial charge in [0.25, 0.3) is 0 Å². The van der Waals surface area contributed by atoms with Crippen LogP contribution in [0.25, 0.3) is 22.2 Å². The van der Waals surface area contributed by atoms with Crippen molar-refractivity contribution in [3.8, 4) is 17.1 Å². The molecule has 1 aromatic carbocycles. The van der Waals surface area contributed by atoms with E-state index in [9.17, 15) is 5.11 Å². The van der Waals surface area contributed by atoms with Gasteiger partial charge in [-0.15, -0.1) is 10.2 Å². The summed E-state index contributed by atoms with van der Waals surface area (Å²) >= 11 is 0. The van der Waals surface area contributed by atoms with E-state index in [-0.39, 0.29) is 17.8 Å². The number of hydrogen-bond donors (Lipinski definition) is 2. The highest BCUT2D eigenvalue weighted by Gasteiger charge is 2.42. The van der Waals surface area contributed by atoms with Gasteiger partial charge in [-0.25, -0.2) is 9.37 Å². The topological polar surface area (TPSA) is 87.1 Å². The van der Waals surface area contributed by atoms with Crippen LogP contribution < -0.4 is 10.2 Å². The van der Waals surface area contributed by atoms with Gasteiger partial charge in [0.2, 0.25) is 0 Å². The third kappa shape index (κ3) is 3.35. The van der Waals surface area contributed by atoms with Gasteiger partial charge in [0, 0.05) is 36.4 Å². The van der Waals surface area contributed by atoms with Crippen LogP contribution in [-0.4, -0.2) is 56.6 Å². The van der Waals surface area contributed by atoms with Gasteiger partial charge >= 0.3 is 0 Å². The number of aromatic hydroxyl groups is 1. The lowest BCUT2D eigenvalue weighted by molar-refractivity contribution is 0.107. The Morgan fingerprint density at radius 3 is 2.77 bits per heavy atom. The molecule has 0 saturated carbocycles. The number of aromatic nitrogens is 4. The second kappa shape index (κ2) is 7.43. The van der Waals surface area contributed by atoms with E-state index in [1.165, 1.54) is 0 Å². The van der Waals surface area contributed by atoms with Crippen LogP contribution in [0.15, 0.2) is 30.6 Å². The van der Waals surface area contributed by atoms with E-state index in [1.807, 2.05) is 31.0 Å². The first kappa shape index (κ1) is 19.1. The monoisotopic (exact) mass is 408 g/mol. The van der Waals surface area contributed by atoms with E-state index in [2.05, 4.69) is 25.5 Å². The molecular weight excluding hydrogens is 383 g/mol. The van der Waals surface area contributed by atoms with Crippen molar-refractivity contribution in [3.05, 3.63) is 36.3 Å². The van der Waals surface area contributed by atoms with Gasteiger partial charge in [-0.3, -0.25) is 4.98 Å². The molecule has 3 aromatic rings. The average Bonchev–Trinajstić information content (AvgIpc) is 2.76. The molecule has 2 bridgehead atoms. The van der Waals surface area contributed by atoms with Gasteiger partial charge < -0.3 is 15.3 Å². The molecule has 0 radical (unpaired) electrons. The number of nitrogens with one attached hydrogen (secondary N) is 1. The van der Waals surface area contributed by atoms with Crippen molar-refractivity contribution < 1.29 is 9.50 Å². The first-order valence-electron chi connectivity index (χ1n) is 10.4. The number of fused-ring (bicyclic) bond motifs is 3. The quantitative estimate of drug-likeness (QED) is 0.688. The van der Waals surface area contributed by atoms with E-state index in [0.29, 0.717) is 23.2 Å². The SMILES string of the molecule is Cc1cc2cc(-c3ncc(N(C)[C@H]4CC5CCCC(N5)[C@H]4F)nn3)c(O)cc2cn1. The smallest absolute Gasteiger partial charge is 0.185 e. The van der Waals surface area contributed by atoms with Crippen LogP contribution in [0.3, 0.4) is 0 Å². The number of piperidine rings is 2. The molecule has 2 unspecified atom stereocenters. The van der Waals surface area contributed by atoms with Crippen LogP contribution in [-0.2, 0) is 0 Å². The van der Waals surface area contributed by atoms with Crippen molar-refractivity contribution in [2.75, 3.05) is 11.9 Å². The van der Waals surface area contributed by atoms with Crippen molar-refractivity contribution in [2.24, 2.45) is 0 Å². The van der Waals surface area contributed by atoms with E-state index in [4.69, 9.17) is 0 Å². The molecule has 7 nitrogen and oxygen atoms in total. The molecule has 30 heavy (non-hydrogen) atoms. The van der Waals surface area contributed by atoms with Crippen LogP contribution in [0, 0.1) is 6.92 Å². The van der Waals surface area contributed by atoms with Crippen LogP contribution in [0.4, 0.5) is 10.2 Å². The number of aryl methyl sites for hydroxylation is 1. The summed E-state index contributed by atoms with van der Waals surface area (Å²) in [5.74, 6) is 0.942. The summed E-state index contributed by atoms with van der Waals surface area (Å²) in [6.45, 7) is 1.92. The lowest BCUT2D eigenvalue weighted by Gasteiger charge is -2.45. The van der Waals surface area contributed by atoms with Gasteiger partial charge in [-0.05, 0) is 49.8 Å². The molecule has 2 aromatic heterocycles. The van der Waals surface area contributed by atoms with Gasteiger partial charge in [-0.1, -0.05) is 6.42 Å². The summed E-state index contributed by atoms with van der Waals surface area (Å²) in [5, 5.41) is 24.2. The Kier molecular flexibility index (Phi) is 4.73. The normalized spacial score (nSPS) is 26.0. The highest BCUT2D eigenvalue weighted by molar-refractivity contribution is 5.89. The van der Waals surface area contributed by atoms with Crippen molar-refractivity contribution in [1.82, 2.24) is 25.5 Å². The van der Waals surface area contributed by atoms with E-state index in [1.54, 1.807) is 18.5 Å². The molecule has 0 amide bonds. The van der Waals surface area contributed by atoms with E-state index in [0.717, 1.165) is 42.1 Å². The van der Waals surface area contributed by atoms with Gasteiger partial charge in [-0.2, -0.15) is 0 Å². The summed E-state index contributed by atoms with van der Waals surface area (Å²) in [7, 11) is 1.85. The minimum Gasteiger partial charge on any atom is -0.507 e. The maximum absolute atomic E-state index is 15.0. The maximum Gasteiger partial charge on any atom is 0.185 e. The number of halogens is 1. The maximum atomic E-state index is 15.0. The minimum atomic E-state index is -0.950. The number of phenols is 1. The number of phenolic OH excluding ortho intramolecular Hbond substituents is 1. The van der Waals surface area contributed by atoms with E-state index >= 15 is 4.39 Å². The molecule has 156 valence electrons. The largest absolute Gasteiger partial charge is 0.507 e. The third-order valence-electron chi connectivity index (χ3n) is 6.42. The Labute approximate surface area is 174 Å². The molecule has 0 spiro atoms. The molecular formula is C22H25FN6O. The molecule has 0 aliphatic carbocycles. The number of anilines is 1. The lowest BCUT2D eigenvalue weighted by Crippen LogP contribution is -2.61. The lowest BCUT2D eigenvalue weighted by atomic mass is 9.82. The summed E-state index contributed by atoms with van der Waals surface area (Å²) in [6, 6.07) is 5.47. The van der Waals surface area contributed by atoms with Gasteiger partial charge in [0.1, 0.15) is 11.9 Å². The zero-order chi connectivity index (χ0) is 20.8. The zero-order valence-electron chi connectivity index (χ0n) is 17.1. The molecule has 4 atom stereocenters. The standard InChI is InChI=1S/C22H25FN6O/c1-12-6-13-7-16(19(30)8-14(13)10-24-12)22-25-11-20(27-28-22)29(2)18-9-15-4-3-5-17(26-15)21(18)23/h6-8,10-11,15,17-18,21,26,30H,3-5,9H2,1-2H3/t15?,17?,18-,21+/m0/s1. The Morgan fingerprint density at radius 1 is 1.10 bits per heavy atom. The Bertz CT molecular complexity index is 1080. The number of rotatable bonds is 3. The Balaban J connectivity index is 1.41. The number of nitrogens with zero attached hydrogens (tertiary/aromatic N) is 5. The number of hydrogen-bond acceptors (Lipinski definition) is 7. The van der Waals surface area contributed by atoms with Crippen LogP contribution >= 0.6 is 0 Å². The first-order valence-corrected chi connectivity index (χ1v) is 10.4. The minimum absolute atomic E-state index is 0.0751. The summed E-state index contributed by atoms with van der Waals surface area (Å²) < 4.78 is 15.0. The molecule has 2 saturated heterocycles. The molecule has 2 aliphatic rings. The van der Waals surface area contributed by atoms with Gasteiger partial charge in [0.05, 0.1) is 17.8 Å². The number of alkyl halides is 1.